The van der Waals surface area contributed by atoms with Crippen molar-refractivity contribution in [3.8, 4) is 5.75 Å². The summed E-state index contributed by atoms with van der Waals surface area (Å²) in [6, 6.07) is 5.36. The molecule has 1 aliphatic rings. The zero-order valence-corrected chi connectivity index (χ0v) is 12.1. The lowest BCUT2D eigenvalue weighted by molar-refractivity contribution is 0.329. The number of halogens is 1. The summed E-state index contributed by atoms with van der Waals surface area (Å²) in [6.45, 7) is 5.67. The van der Waals surface area contributed by atoms with E-state index in [0.717, 1.165) is 18.7 Å². The highest BCUT2D eigenvalue weighted by Gasteiger charge is 2.09. The molecule has 1 aromatic carbocycles. The Balaban J connectivity index is 1.54. The van der Waals surface area contributed by atoms with Gasteiger partial charge >= 0.3 is 0 Å². The maximum absolute atomic E-state index is 9.33. The van der Waals surface area contributed by atoms with E-state index >= 15 is 0 Å². The van der Waals surface area contributed by atoms with E-state index in [1.54, 1.807) is 6.07 Å². The summed E-state index contributed by atoms with van der Waals surface area (Å²) in [4.78, 5) is 2.56. The van der Waals surface area contributed by atoms with Gasteiger partial charge in [-0.25, -0.2) is 0 Å². The highest BCUT2D eigenvalue weighted by molar-refractivity contribution is 6.32. The fraction of sp³-hybridized carbons (Fsp3) is 0.600. The molecule has 1 heterocycles. The molecule has 1 fully saturated rings. The van der Waals surface area contributed by atoms with Crippen molar-refractivity contribution in [2.45, 2.75) is 32.2 Å². The number of benzene rings is 1. The molecule has 0 amide bonds. The van der Waals surface area contributed by atoms with Crippen molar-refractivity contribution in [1.29, 1.82) is 0 Å². The molecule has 19 heavy (non-hydrogen) atoms. The van der Waals surface area contributed by atoms with Crippen LogP contribution in [0.1, 0.15) is 31.2 Å². The molecule has 0 spiro atoms. The third-order valence-electron chi connectivity index (χ3n) is 3.62. The Hall–Kier alpha value is -0.770. The molecule has 2 rings (SSSR count). The summed E-state index contributed by atoms with van der Waals surface area (Å²) in [5.41, 5.74) is 1.11. The van der Waals surface area contributed by atoms with Crippen molar-refractivity contribution in [3.05, 3.63) is 28.8 Å². The van der Waals surface area contributed by atoms with Crippen molar-refractivity contribution in [2.75, 3.05) is 26.2 Å². The number of hydrogen-bond acceptors (Lipinski definition) is 3. The second-order valence-corrected chi connectivity index (χ2v) is 5.63. The van der Waals surface area contributed by atoms with Gasteiger partial charge in [0.1, 0.15) is 5.75 Å². The van der Waals surface area contributed by atoms with Gasteiger partial charge in [-0.3, -0.25) is 0 Å². The lowest BCUT2D eigenvalue weighted by Gasteiger charge is -2.14. The van der Waals surface area contributed by atoms with Gasteiger partial charge in [-0.05, 0) is 69.6 Å². The van der Waals surface area contributed by atoms with Crippen LogP contribution in [-0.2, 0) is 6.54 Å². The third kappa shape index (κ3) is 5.01. The molecule has 1 aromatic rings. The van der Waals surface area contributed by atoms with E-state index in [4.69, 9.17) is 11.6 Å². The monoisotopic (exact) mass is 282 g/mol. The van der Waals surface area contributed by atoms with Gasteiger partial charge in [0.05, 0.1) is 5.02 Å². The summed E-state index contributed by atoms with van der Waals surface area (Å²) < 4.78 is 0. The summed E-state index contributed by atoms with van der Waals surface area (Å²) >= 11 is 5.87. The van der Waals surface area contributed by atoms with E-state index in [9.17, 15) is 5.11 Å². The quantitative estimate of drug-likeness (QED) is 0.755. The molecule has 0 radical (unpaired) electrons. The predicted molar refractivity (Wildman–Crippen MR) is 79.7 cm³/mol. The SMILES string of the molecule is Oc1ccc(CNCCCCN2CCCC2)cc1Cl. The van der Waals surface area contributed by atoms with E-state index in [1.807, 2.05) is 12.1 Å². The highest BCUT2D eigenvalue weighted by Crippen LogP contribution is 2.23. The first-order valence-corrected chi connectivity index (χ1v) is 7.54. The number of nitrogens with zero attached hydrogens (tertiary/aromatic N) is 1. The predicted octanol–water partition coefficient (Wildman–Crippen LogP) is 3.01. The first-order chi connectivity index (χ1) is 9.25. The van der Waals surface area contributed by atoms with E-state index < -0.39 is 0 Å². The average Bonchev–Trinajstić information content (AvgIpc) is 2.91. The van der Waals surface area contributed by atoms with Gasteiger partial charge in [0, 0.05) is 6.54 Å². The van der Waals surface area contributed by atoms with Crippen LogP contribution in [0.25, 0.3) is 0 Å². The molecule has 4 heteroatoms. The molecule has 3 nitrogen and oxygen atoms in total. The van der Waals surface area contributed by atoms with Crippen molar-refractivity contribution < 1.29 is 5.11 Å². The van der Waals surface area contributed by atoms with Crippen LogP contribution in [0.2, 0.25) is 5.02 Å². The molecule has 0 atom stereocenters. The largest absolute Gasteiger partial charge is 0.506 e. The van der Waals surface area contributed by atoms with Crippen LogP contribution in [0.3, 0.4) is 0 Å². The summed E-state index contributed by atoms with van der Waals surface area (Å²) in [5.74, 6) is 0.149. The standard InChI is InChI=1S/C15H23ClN2O/c16-14-11-13(5-6-15(14)19)12-17-7-1-2-8-18-9-3-4-10-18/h5-6,11,17,19H,1-4,7-10,12H2. The number of unbranched alkanes of at least 4 members (excludes halogenated alkanes) is 1. The van der Waals surface area contributed by atoms with Gasteiger partial charge in [-0.1, -0.05) is 17.7 Å². The maximum Gasteiger partial charge on any atom is 0.134 e. The summed E-state index contributed by atoms with van der Waals surface area (Å²) in [5, 5.41) is 13.2. The molecule has 2 N–H and O–H groups in total. The van der Waals surface area contributed by atoms with Crippen molar-refractivity contribution >= 4 is 11.6 Å². The van der Waals surface area contributed by atoms with Crippen LogP contribution in [0.15, 0.2) is 18.2 Å². The van der Waals surface area contributed by atoms with E-state index in [2.05, 4.69) is 10.2 Å². The Morgan fingerprint density at radius 3 is 2.74 bits per heavy atom. The zero-order chi connectivity index (χ0) is 13.5. The second kappa shape index (κ2) is 7.73. The minimum atomic E-state index is 0.149. The minimum absolute atomic E-state index is 0.149. The molecule has 1 saturated heterocycles. The van der Waals surface area contributed by atoms with Crippen LogP contribution >= 0.6 is 11.6 Å². The van der Waals surface area contributed by atoms with Gasteiger partial charge < -0.3 is 15.3 Å². The van der Waals surface area contributed by atoms with E-state index in [1.165, 1.54) is 45.3 Å². The lowest BCUT2D eigenvalue weighted by atomic mass is 10.2. The lowest BCUT2D eigenvalue weighted by Crippen LogP contribution is -2.22. The van der Waals surface area contributed by atoms with Crippen molar-refractivity contribution in [3.63, 3.8) is 0 Å². The number of phenolic OH excluding ortho intramolecular Hbond substituents is 1. The summed E-state index contributed by atoms with van der Waals surface area (Å²) in [7, 11) is 0. The van der Waals surface area contributed by atoms with Crippen LogP contribution in [0.4, 0.5) is 0 Å². The number of nitrogens with one attached hydrogen (secondary N) is 1. The van der Waals surface area contributed by atoms with Crippen LogP contribution in [0, 0.1) is 0 Å². The Kier molecular flexibility index (Phi) is 5.95. The molecule has 0 bridgehead atoms. The highest BCUT2D eigenvalue weighted by atomic mass is 35.5. The molecule has 0 saturated carbocycles. The molecule has 106 valence electrons. The molecular weight excluding hydrogens is 260 g/mol. The Labute approximate surface area is 120 Å². The van der Waals surface area contributed by atoms with Crippen molar-refractivity contribution in [1.82, 2.24) is 10.2 Å². The van der Waals surface area contributed by atoms with E-state index in [-0.39, 0.29) is 5.75 Å². The van der Waals surface area contributed by atoms with Crippen LogP contribution < -0.4 is 5.32 Å². The third-order valence-corrected chi connectivity index (χ3v) is 3.92. The smallest absolute Gasteiger partial charge is 0.134 e. The number of hydrogen-bond donors (Lipinski definition) is 2. The number of rotatable bonds is 7. The van der Waals surface area contributed by atoms with E-state index in [0.29, 0.717) is 5.02 Å². The Morgan fingerprint density at radius 1 is 1.21 bits per heavy atom. The average molecular weight is 283 g/mol. The molecule has 0 aliphatic carbocycles. The van der Waals surface area contributed by atoms with Gasteiger partial charge in [0.15, 0.2) is 0 Å². The van der Waals surface area contributed by atoms with Gasteiger partial charge in [-0.15, -0.1) is 0 Å². The number of likely N-dealkylation sites (tertiary alicyclic amines) is 1. The van der Waals surface area contributed by atoms with Gasteiger partial charge in [0.25, 0.3) is 0 Å². The number of aromatic hydroxyl groups is 1. The fourth-order valence-electron chi connectivity index (χ4n) is 2.48. The molecule has 1 aliphatic heterocycles. The molecular formula is C15H23ClN2O. The minimum Gasteiger partial charge on any atom is -0.506 e. The maximum atomic E-state index is 9.33. The number of phenols is 1. The van der Waals surface area contributed by atoms with Gasteiger partial charge in [-0.2, -0.15) is 0 Å². The van der Waals surface area contributed by atoms with Crippen molar-refractivity contribution in [2.24, 2.45) is 0 Å². The van der Waals surface area contributed by atoms with Gasteiger partial charge in [0.2, 0.25) is 0 Å². The van der Waals surface area contributed by atoms with Crippen LogP contribution in [-0.4, -0.2) is 36.2 Å². The Bertz CT molecular complexity index is 392. The summed E-state index contributed by atoms with van der Waals surface area (Å²) in [6.07, 6.45) is 5.23. The zero-order valence-electron chi connectivity index (χ0n) is 11.4. The normalized spacial score (nSPS) is 16.1. The first kappa shape index (κ1) is 14.6. The first-order valence-electron chi connectivity index (χ1n) is 7.16. The Morgan fingerprint density at radius 2 is 2.00 bits per heavy atom. The fourth-order valence-corrected chi connectivity index (χ4v) is 2.69. The molecule has 0 aromatic heterocycles. The second-order valence-electron chi connectivity index (χ2n) is 5.22. The topological polar surface area (TPSA) is 35.5 Å². The van der Waals surface area contributed by atoms with Crippen LogP contribution in [0.5, 0.6) is 5.75 Å². The molecule has 0 unspecified atom stereocenters.